The standard InChI is InChI=1S/C16H21N3/c17-12-13-5-3-8-16(13)18-14-6-4-7-15(11-14)19-9-1-2-10-19/h1-2,4,6-7,9-11,13,16,18H,3,5,8,12,17H2. The molecule has 3 N–H and O–H groups in total. The maximum atomic E-state index is 5.84. The Labute approximate surface area is 114 Å². The van der Waals surface area contributed by atoms with Gasteiger partial charge in [-0.15, -0.1) is 0 Å². The molecular formula is C16H21N3. The molecule has 0 amide bonds. The fourth-order valence-electron chi connectivity index (χ4n) is 2.99. The fourth-order valence-corrected chi connectivity index (χ4v) is 2.99. The van der Waals surface area contributed by atoms with Gasteiger partial charge >= 0.3 is 0 Å². The molecule has 1 heterocycles. The van der Waals surface area contributed by atoms with E-state index in [1.54, 1.807) is 0 Å². The van der Waals surface area contributed by atoms with Gasteiger partial charge in [0.1, 0.15) is 0 Å². The van der Waals surface area contributed by atoms with E-state index in [9.17, 15) is 0 Å². The van der Waals surface area contributed by atoms with Crippen molar-refractivity contribution in [3.8, 4) is 5.69 Å². The van der Waals surface area contributed by atoms with Crippen molar-refractivity contribution in [2.45, 2.75) is 25.3 Å². The van der Waals surface area contributed by atoms with Gasteiger partial charge in [0.05, 0.1) is 0 Å². The number of nitrogens with two attached hydrogens (primary N) is 1. The predicted molar refractivity (Wildman–Crippen MR) is 79.6 cm³/mol. The zero-order valence-corrected chi connectivity index (χ0v) is 11.1. The van der Waals surface area contributed by atoms with Crippen LogP contribution in [0.5, 0.6) is 0 Å². The van der Waals surface area contributed by atoms with Crippen molar-refractivity contribution in [1.82, 2.24) is 4.57 Å². The highest BCUT2D eigenvalue weighted by atomic mass is 15.0. The number of benzene rings is 1. The van der Waals surface area contributed by atoms with Gasteiger partial charge in [0.25, 0.3) is 0 Å². The number of hydrogen-bond donors (Lipinski definition) is 2. The molecule has 100 valence electrons. The lowest BCUT2D eigenvalue weighted by Crippen LogP contribution is -2.29. The Hall–Kier alpha value is -1.74. The zero-order valence-electron chi connectivity index (χ0n) is 11.1. The van der Waals surface area contributed by atoms with Crippen molar-refractivity contribution < 1.29 is 0 Å². The summed E-state index contributed by atoms with van der Waals surface area (Å²) in [5.41, 5.74) is 8.22. The summed E-state index contributed by atoms with van der Waals surface area (Å²) in [6.45, 7) is 0.787. The lowest BCUT2D eigenvalue weighted by Gasteiger charge is -2.21. The summed E-state index contributed by atoms with van der Waals surface area (Å²) in [5, 5.41) is 3.65. The van der Waals surface area contributed by atoms with Crippen LogP contribution >= 0.6 is 0 Å². The Morgan fingerprint density at radius 3 is 2.79 bits per heavy atom. The van der Waals surface area contributed by atoms with Crippen LogP contribution in [0.2, 0.25) is 0 Å². The first-order valence-electron chi connectivity index (χ1n) is 7.07. The van der Waals surface area contributed by atoms with Gasteiger partial charge in [-0.2, -0.15) is 0 Å². The van der Waals surface area contributed by atoms with Crippen molar-refractivity contribution in [2.75, 3.05) is 11.9 Å². The van der Waals surface area contributed by atoms with Crippen LogP contribution in [0.1, 0.15) is 19.3 Å². The number of nitrogens with zero attached hydrogens (tertiary/aromatic N) is 1. The smallest absolute Gasteiger partial charge is 0.0469 e. The molecular weight excluding hydrogens is 234 g/mol. The highest BCUT2D eigenvalue weighted by Gasteiger charge is 2.25. The van der Waals surface area contributed by atoms with Crippen LogP contribution in [0, 0.1) is 5.92 Å². The van der Waals surface area contributed by atoms with E-state index in [1.807, 2.05) is 12.1 Å². The molecule has 1 aromatic carbocycles. The number of aromatic nitrogens is 1. The van der Waals surface area contributed by atoms with Crippen LogP contribution in [0.25, 0.3) is 5.69 Å². The van der Waals surface area contributed by atoms with Gasteiger partial charge in [-0.25, -0.2) is 0 Å². The first-order valence-corrected chi connectivity index (χ1v) is 7.07. The molecule has 1 aliphatic carbocycles. The largest absolute Gasteiger partial charge is 0.382 e. The minimum absolute atomic E-state index is 0.532. The molecule has 0 saturated heterocycles. The molecule has 19 heavy (non-hydrogen) atoms. The van der Waals surface area contributed by atoms with Gasteiger partial charge in [-0.05, 0) is 55.6 Å². The quantitative estimate of drug-likeness (QED) is 0.882. The maximum absolute atomic E-state index is 5.84. The first-order chi connectivity index (χ1) is 9.36. The minimum Gasteiger partial charge on any atom is -0.382 e. The van der Waals surface area contributed by atoms with E-state index in [-0.39, 0.29) is 0 Å². The van der Waals surface area contributed by atoms with E-state index in [1.165, 1.54) is 30.6 Å². The third-order valence-corrected chi connectivity index (χ3v) is 4.06. The molecule has 2 unspecified atom stereocenters. The second-order valence-corrected chi connectivity index (χ2v) is 5.32. The van der Waals surface area contributed by atoms with Gasteiger partial charge in [-0.3, -0.25) is 0 Å². The number of nitrogens with one attached hydrogen (secondary N) is 1. The van der Waals surface area contributed by atoms with Gasteiger partial charge < -0.3 is 15.6 Å². The van der Waals surface area contributed by atoms with Crippen LogP contribution in [-0.2, 0) is 0 Å². The molecule has 1 aromatic heterocycles. The Kier molecular flexibility index (Phi) is 3.56. The van der Waals surface area contributed by atoms with Gasteiger partial charge in [-0.1, -0.05) is 12.5 Å². The Balaban J connectivity index is 1.76. The molecule has 0 spiro atoms. The van der Waals surface area contributed by atoms with Crippen molar-refractivity contribution in [2.24, 2.45) is 11.7 Å². The van der Waals surface area contributed by atoms with Gasteiger partial charge in [0, 0.05) is 29.8 Å². The SMILES string of the molecule is NCC1CCCC1Nc1cccc(-n2cccc2)c1. The molecule has 3 heteroatoms. The topological polar surface area (TPSA) is 43.0 Å². The Morgan fingerprint density at radius 1 is 1.16 bits per heavy atom. The second-order valence-electron chi connectivity index (χ2n) is 5.32. The summed E-state index contributed by atoms with van der Waals surface area (Å²) >= 11 is 0. The monoisotopic (exact) mass is 255 g/mol. The van der Waals surface area contributed by atoms with Gasteiger partial charge in [0.2, 0.25) is 0 Å². The molecule has 2 atom stereocenters. The third-order valence-electron chi connectivity index (χ3n) is 4.06. The van der Waals surface area contributed by atoms with E-state index < -0.39 is 0 Å². The fraction of sp³-hybridized carbons (Fsp3) is 0.375. The van der Waals surface area contributed by atoms with Crippen LogP contribution in [0.4, 0.5) is 5.69 Å². The lowest BCUT2D eigenvalue weighted by atomic mass is 10.0. The van der Waals surface area contributed by atoms with Crippen molar-refractivity contribution >= 4 is 5.69 Å². The normalized spacial score (nSPS) is 22.6. The molecule has 1 aliphatic rings. The summed E-state index contributed by atoms with van der Waals surface area (Å²) < 4.78 is 2.13. The van der Waals surface area contributed by atoms with E-state index in [0.29, 0.717) is 12.0 Å². The number of anilines is 1. The molecule has 1 fully saturated rings. The van der Waals surface area contributed by atoms with Crippen molar-refractivity contribution in [3.05, 3.63) is 48.8 Å². The molecule has 0 bridgehead atoms. The van der Waals surface area contributed by atoms with Crippen LogP contribution < -0.4 is 11.1 Å². The third kappa shape index (κ3) is 2.66. The van der Waals surface area contributed by atoms with Crippen molar-refractivity contribution in [1.29, 1.82) is 0 Å². The molecule has 0 aliphatic heterocycles. The van der Waals surface area contributed by atoms with Gasteiger partial charge in [0.15, 0.2) is 0 Å². The Morgan fingerprint density at radius 2 is 2.00 bits per heavy atom. The second kappa shape index (κ2) is 5.49. The first kappa shape index (κ1) is 12.3. The minimum atomic E-state index is 0.532. The highest BCUT2D eigenvalue weighted by Crippen LogP contribution is 2.28. The Bertz CT molecular complexity index is 519. The van der Waals surface area contributed by atoms with Crippen molar-refractivity contribution in [3.63, 3.8) is 0 Å². The average Bonchev–Trinajstić information content (AvgIpc) is 3.10. The zero-order chi connectivity index (χ0) is 13.1. The van der Waals surface area contributed by atoms with E-state index in [2.05, 4.69) is 46.5 Å². The summed E-state index contributed by atoms with van der Waals surface area (Å²) in [6.07, 6.45) is 7.91. The number of hydrogen-bond acceptors (Lipinski definition) is 2. The van der Waals surface area contributed by atoms with Crippen LogP contribution in [0.3, 0.4) is 0 Å². The predicted octanol–water partition coefficient (Wildman–Crippen LogP) is 3.02. The molecule has 1 saturated carbocycles. The summed E-state index contributed by atoms with van der Waals surface area (Å²) in [7, 11) is 0. The number of rotatable bonds is 4. The van der Waals surface area contributed by atoms with Crippen LogP contribution in [-0.4, -0.2) is 17.2 Å². The van der Waals surface area contributed by atoms with E-state index in [4.69, 9.17) is 5.73 Å². The van der Waals surface area contributed by atoms with E-state index >= 15 is 0 Å². The summed E-state index contributed by atoms with van der Waals surface area (Å²) in [6, 6.07) is 13.2. The molecule has 2 aromatic rings. The summed E-state index contributed by atoms with van der Waals surface area (Å²) in [5.74, 6) is 0.621. The lowest BCUT2D eigenvalue weighted by molar-refractivity contribution is 0.516. The molecule has 3 nitrogen and oxygen atoms in total. The molecule has 3 rings (SSSR count). The molecule has 0 radical (unpaired) electrons. The average molecular weight is 255 g/mol. The van der Waals surface area contributed by atoms with E-state index in [0.717, 1.165) is 6.54 Å². The summed E-state index contributed by atoms with van der Waals surface area (Å²) in [4.78, 5) is 0. The maximum Gasteiger partial charge on any atom is 0.0469 e. The van der Waals surface area contributed by atoms with Crippen LogP contribution in [0.15, 0.2) is 48.8 Å². The highest BCUT2D eigenvalue weighted by molar-refractivity contribution is 5.52.